The molecule has 0 bridgehead atoms. The number of fused-ring (bicyclic) bond motifs is 2. The fourth-order valence-corrected chi connectivity index (χ4v) is 4.98. The second-order valence-corrected chi connectivity index (χ2v) is 10.8. The van der Waals surface area contributed by atoms with E-state index in [0.717, 1.165) is 49.3 Å². The quantitative estimate of drug-likeness (QED) is 0.486. The Balaban J connectivity index is 1.25. The Morgan fingerprint density at radius 1 is 1.08 bits per heavy atom. The highest BCUT2D eigenvalue weighted by Crippen LogP contribution is 2.32. The number of nitrogens with zero attached hydrogens (tertiary/aromatic N) is 5. The summed E-state index contributed by atoms with van der Waals surface area (Å²) in [6.45, 7) is 10.1. The first-order valence-corrected chi connectivity index (χ1v) is 13.2. The third kappa shape index (κ3) is 6.07. The average molecular weight is 522 g/mol. The van der Waals surface area contributed by atoms with Crippen molar-refractivity contribution in [2.45, 2.75) is 58.3 Å². The first-order chi connectivity index (χ1) is 18.3. The Morgan fingerprint density at radius 2 is 1.84 bits per heavy atom. The minimum atomic E-state index is -0.585. The Kier molecular flexibility index (Phi) is 7.51. The maximum absolute atomic E-state index is 13.3. The number of likely N-dealkylation sites (tertiary alicyclic amines) is 1. The third-order valence-corrected chi connectivity index (χ3v) is 6.85. The van der Waals surface area contributed by atoms with Crippen LogP contribution >= 0.6 is 0 Å². The number of amides is 1. The summed E-state index contributed by atoms with van der Waals surface area (Å²) in [6, 6.07) is 9.57. The number of carbonyl (C=O) groups excluding carboxylic acids is 1. The molecule has 0 aliphatic carbocycles. The zero-order chi connectivity index (χ0) is 26.7. The van der Waals surface area contributed by atoms with Crippen molar-refractivity contribution in [2.75, 3.05) is 32.8 Å². The molecule has 1 aromatic carbocycles. The molecule has 0 unspecified atom stereocenters. The van der Waals surface area contributed by atoms with Gasteiger partial charge in [0.05, 0.1) is 11.7 Å². The number of piperidine rings is 1. The Hall–Kier alpha value is -3.66. The van der Waals surface area contributed by atoms with Gasteiger partial charge in [0.15, 0.2) is 17.1 Å². The molecular weight excluding hydrogens is 486 g/mol. The van der Waals surface area contributed by atoms with Gasteiger partial charge in [-0.2, -0.15) is 0 Å². The fourth-order valence-electron chi connectivity index (χ4n) is 4.98. The van der Waals surface area contributed by atoms with Crippen LogP contribution in [0, 0.1) is 0 Å². The molecule has 2 aromatic heterocycles. The Bertz CT molecular complexity index is 1340. The van der Waals surface area contributed by atoms with E-state index in [-0.39, 0.29) is 17.7 Å². The van der Waals surface area contributed by atoms with Crippen LogP contribution in [0.1, 0.15) is 39.2 Å². The lowest BCUT2D eigenvalue weighted by Crippen LogP contribution is -2.49. The molecule has 1 amide bonds. The van der Waals surface area contributed by atoms with Crippen molar-refractivity contribution < 1.29 is 19.0 Å². The van der Waals surface area contributed by atoms with Crippen LogP contribution in [-0.4, -0.2) is 74.9 Å². The van der Waals surface area contributed by atoms with Crippen molar-refractivity contribution in [1.82, 2.24) is 24.3 Å². The van der Waals surface area contributed by atoms with E-state index in [9.17, 15) is 9.59 Å². The number of benzene rings is 1. The lowest BCUT2D eigenvalue weighted by Gasteiger charge is -2.39. The van der Waals surface area contributed by atoms with Crippen LogP contribution in [0.3, 0.4) is 0 Å². The van der Waals surface area contributed by atoms with Crippen LogP contribution in [0.2, 0.25) is 0 Å². The molecule has 0 radical (unpaired) electrons. The second kappa shape index (κ2) is 11.0. The van der Waals surface area contributed by atoms with Gasteiger partial charge >= 0.3 is 6.09 Å². The van der Waals surface area contributed by atoms with Crippen molar-refractivity contribution in [3.8, 4) is 11.5 Å². The SMILES string of the molecule is CC(C)(C)OC(=O)N(Cc1ccc2c(c1)OCCO2)C1CCN(CCn2c(=O)cnc3ncccc32)CC1. The molecule has 0 atom stereocenters. The predicted octanol–water partition coefficient (Wildman–Crippen LogP) is 3.46. The summed E-state index contributed by atoms with van der Waals surface area (Å²) in [7, 11) is 0. The van der Waals surface area contributed by atoms with Gasteiger partial charge in [-0.3, -0.25) is 4.79 Å². The number of hydrogen-bond acceptors (Lipinski definition) is 8. The maximum Gasteiger partial charge on any atom is 0.410 e. The van der Waals surface area contributed by atoms with Gasteiger partial charge in [-0.15, -0.1) is 0 Å². The Morgan fingerprint density at radius 3 is 2.61 bits per heavy atom. The van der Waals surface area contributed by atoms with Gasteiger partial charge in [0.2, 0.25) is 0 Å². The Labute approximate surface area is 222 Å². The van der Waals surface area contributed by atoms with Gasteiger partial charge in [0.25, 0.3) is 5.56 Å². The number of carbonyl (C=O) groups is 1. The third-order valence-electron chi connectivity index (χ3n) is 6.85. The van der Waals surface area contributed by atoms with Crippen LogP contribution < -0.4 is 15.0 Å². The lowest BCUT2D eigenvalue weighted by molar-refractivity contribution is 0.00562. The van der Waals surface area contributed by atoms with E-state index >= 15 is 0 Å². The minimum absolute atomic E-state index is 0.0444. The van der Waals surface area contributed by atoms with Crippen molar-refractivity contribution >= 4 is 17.3 Å². The van der Waals surface area contributed by atoms with Crippen molar-refractivity contribution in [1.29, 1.82) is 0 Å². The van der Waals surface area contributed by atoms with E-state index in [1.54, 1.807) is 10.8 Å². The van der Waals surface area contributed by atoms with E-state index in [0.29, 0.717) is 37.7 Å². The highest BCUT2D eigenvalue weighted by atomic mass is 16.6. The number of ether oxygens (including phenoxy) is 3. The summed E-state index contributed by atoms with van der Waals surface area (Å²) < 4.78 is 18.9. The molecular formula is C28H35N5O5. The normalized spacial score (nSPS) is 16.4. The van der Waals surface area contributed by atoms with Crippen molar-refractivity contribution in [2.24, 2.45) is 0 Å². The van der Waals surface area contributed by atoms with Crippen molar-refractivity contribution in [3.05, 3.63) is 58.6 Å². The fraction of sp³-hybridized carbons (Fsp3) is 0.500. The second-order valence-electron chi connectivity index (χ2n) is 10.8. The number of rotatable bonds is 6. The first-order valence-electron chi connectivity index (χ1n) is 13.2. The number of pyridine rings is 1. The molecule has 2 aliphatic heterocycles. The molecule has 10 nitrogen and oxygen atoms in total. The zero-order valence-electron chi connectivity index (χ0n) is 22.3. The summed E-state index contributed by atoms with van der Waals surface area (Å²) in [6.07, 6.45) is 4.33. The van der Waals surface area contributed by atoms with Crippen LogP contribution in [-0.2, 0) is 17.8 Å². The van der Waals surface area contributed by atoms with Crippen LogP contribution in [0.25, 0.3) is 11.2 Å². The lowest BCUT2D eigenvalue weighted by atomic mass is 10.0. The van der Waals surface area contributed by atoms with E-state index in [1.165, 1.54) is 6.20 Å². The van der Waals surface area contributed by atoms with Gasteiger partial charge in [-0.1, -0.05) is 6.07 Å². The molecule has 1 saturated heterocycles. The summed E-state index contributed by atoms with van der Waals surface area (Å²) in [4.78, 5) is 38.4. The molecule has 0 saturated carbocycles. The van der Waals surface area contributed by atoms with Gasteiger partial charge < -0.3 is 28.6 Å². The molecule has 1 fully saturated rings. The first kappa shape index (κ1) is 26.0. The van der Waals surface area contributed by atoms with Gasteiger partial charge in [-0.25, -0.2) is 14.8 Å². The summed E-state index contributed by atoms with van der Waals surface area (Å²) in [5.74, 6) is 1.44. The maximum atomic E-state index is 13.3. The number of aromatic nitrogens is 3. The van der Waals surface area contributed by atoms with E-state index in [2.05, 4.69) is 14.9 Å². The van der Waals surface area contributed by atoms with E-state index in [1.807, 2.05) is 56.0 Å². The highest BCUT2D eigenvalue weighted by molar-refractivity contribution is 5.69. The van der Waals surface area contributed by atoms with Crippen LogP contribution in [0.4, 0.5) is 4.79 Å². The number of hydrogen-bond donors (Lipinski definition) is 0. The molecule has 4 heterocycles. The van der Waals surface area contributed by atoms with Gasteiger partial charge in [0, 0.05) is 45.0 Å². The summed E-state index contributed by atoms with van der Waals surface area (Å²) in [5.41, 5.74) is 1.57. The smallest absolute Gasteiger partial charge is 0.410 e. The average Bonchev–Trinajstić information content (AvgIpc) is 2.90. The van der Waals surface area contributed by atoms with Crippen LogP contribution in [0.5, 0.6) is 11.5 Å². The molecule has 3 aromatic rings. The monoisotopic (exact) mass is 521 g/mol. The summed E-state index contributed by atoms with van der Waals surface area (Å²) >= 11 is 0. The van der Waals surface area contributed by atoms with Crippen molar-refractivity contribution in [3.63, 3.8) is 0 Å². The standard InChI is InChI=1S/C28H35N5O5/c1-28(2,3)38-27(35)33(19-20-6-7-23-24(17-20)37-16-15-36-23)21-8-11-31(12-9-21)13-14-32-22-5-4-10-29-26(22)30-18-25(32)34/h4-7,10,17-18,21H,8-9,11-16,19H2,1-3H3. The molecule has 0 spiro atoms. The summed E-state index contributed by atoms with van der Waals surface area (Å²) in [5, 5.41) is 0. The molecule has 202 valence electrons. The zero-order valence-corrected chi connectivity index (χ0v) is 22.3. The molecule has 10 heteroatoms. The highest BCUT2D eigenvalue weighted by Gasteiger charge is 2.31. The minimum Gasteiger partial charge on any atom is -0.486 e. The van der Waals surface area contributed by atoms with E-state index < -0.39 is 5.60 Å². The molecule has 0 N–H and O–H groups in total. The largest absolute Gasteiger partial charge is 0.486 e. The van der Waals surface area contributed by atoms with Crippen LogP contribution in [0.15, 0.2) is 47.5 Å². The predicted molar refractivity (Wildman–Crippen MR) is 142 cm³/mol. The molecule has 38 heavy (non-hydrogen) atoms. The molecule has 5 rings (SSSR count). The topological polar surface area (TPSA) is 99.0 Å². The van der Waals surface area contributed by atoms with E-state index in [4.69, 9.17) is 14.2 Å². The van der Waals surface area contributed by atoms with Gasteiger partial charge in [-0.05, 0) is 63.4 Å². The van der Waals surface area contributed by atoms with Gasteiger partial charge in [0.1, 0.15) is 18.8 Å². The molecule has 2 aliphatic rings.